The van der Waals surface area contributed by atoms with Crippen molar-refractivity contribution in [3.05, 3.63) is 29.8 Å². The first-order chi connectivity index (χ1) is 10.3. The van der Waals surface area contributed by atoms with E-state index in [1.807, 2.05) is 12.1 Å². The fourth-order valence-corrected chi connectivity index (χ4v) is 2.65. The predicted octanol–water partition coefficient (Wildman–Crippen LogP) is 1.89. The predicted molar refractivity (Wildman–Crippen MR) is 86.1 cm³/mol. The largest absolute Gasteiger partial charge is 0.497 e. The van der Waals surface area contributed by atoms with Crippen LogP contribution in [-0.4, -0.2) is 69.4 Å². The quantitative estimate of drug-likeness (QED) is 0.683. The summed E-state index contributed by atoms with van der Waals surface area (Å²) in [6, 6.07) is 8.41. The Bertz CT molecular complexity index is 386. The molecule has 4 heteroatoms. The van der Waals surface area contributed by atoms with Crippen LogP contribution in [-0.2, 0) is 11.2 Å². The summed E-state index contributed by atoms with van der Waals surface area (Å²) in [5.74, 6) is 0.932. The van der Waals surface area contributed by atoms with Crippen LogP contribution < -0.4 is 4.74 Å². The van der Waals surface area contributed by atoms with Gasteiger partial charge in [0.25, 0.3) is 0 Å². The van der Waals surface area contributed by atoms with Crippen molar-refractivity contribution >= 4 is 0 Å². The third kappa shape index (κ3) is 5.65. The van der Waals surface area contributed by atoms with Crippen LogP contribution in [0.1, 0.15) is 12.5 Å². The molecular weight excluding hydrogens is 264 g/mol. The summed E-state index contributed by atoms with van der Waals surface area (Å²) in [5.41, 5.74) is 1.38. The van der Waals surface area contributed by atoms with Gasteiger partial charge in [0, 0.05) is 45.9 Å². The third-order valence-electron chi connectivity index (χ3n) is 4.10. The van der Waals surface area contributed by atoms with E-state index in [0.717, 1.165) is 51.6 Å². The Morgan fingerprint density at radius 2 is 1.57 bits per heavy atom. The summed E-state index contributed by atoms with van der Waals surface area (Å²) in [6.45, 7) is 10.6. The molecule has 0 spiro atoms. The van der Waals surface area contributed by atoms with Crippen molar-refractivity contribution in [1.29, 1.82) is 0 Å². The molecule has 21 heavy (non-hydrogen) atoms. The molecule has 0 atom stereocenters. The second kappa shape index (κ2) is 9.03. The van der Waals surface area contributed by atoms with Crippen molar-refractivity contribution in [3.63, 3.8) is 0 Å². The molecule has 0 radical (unpaired) electrons. The topological polar surface area (TPSA) is 24.9 Å². The number of ether oxygens (including phenoxy) is 2. The second-order valence-corrected chi connectivity index (χ2v) is 5.48. The van der Waals surface area contributed by atoms with E-state index in [0.29, 0.717) is 0 Å². The lowest BCUT2D eigenvalue weighted by Crippen LogP contribution is -2.47. The van der Waals surface area contributed by atoms with Crippen LogP contribution in [0.3, 0.4) is 0 Å². The monoisotopic (exact) mass is 292 g/mol. The van der Waals surface area contributed by atoms with Crippen LogP contribution in [0.15, 0.2) is 24.3 Å². The molecule has 1 aliphatic rings. The van der Waals surface area contributed by atoms with Crippen LogP contribution in [0.25, 0.3) is 0 Å². The maximum Gasteiger partial charge on any atom is 0.118 e. The molecule has 0 aliphatic carbocycles. The Kier molecular flexibility index (Phi) is 7.00. The van der Waals surface area contributed by atoms with Gasteiger partial charge in [0.05, 0.1) is 13.7 Å². The first-order valence-electron chi connectivity index (χ1n) is 7.97. The zero-order valence-electron chi connectivity index (χ0n) is 13.4. The van der Waals surface area contributed by atoms with Crippen molar-refractivity contribution in [2.75, 3.05) is 59.6 Å². The summed E-state index contributed by atoms with van der Waals surface area (Å²) >= 11 is 0. The van der Waals surface area contributed by atoms with Gasteiger partial charge in [-0.25, -0.2) is 0 Å². The van der Waals surface area contributed by atoms with E-state index in [1.165, 1.54) is 18.7 Å². The summed E-state index contributed by atoms with van der Waals surface area (Å²) in [4.78, 5) is 5.06. The van der Waals surface area contributed by atoms with Crippen LogP contribution in [0.2, 0.25) is 0 Å². The first kappa shape index (κ1) is 16.3. The van der Waals surface area contributed by atoms with E-state index < -0.39 is 0 Å². The summed E-state index contributed by atoms with van der Waals surface area (Å²) in [7, 11) is 1.71. The lowest BCUT2D eigenvalue weighted by molar-refractivity contribution is 0.0813. The number of piperazine rings is 1. The van der Waals surface area contributed by atoms with Gasteiger partial charge in [-0.2, -0.15) is 0 Å². The van der Waals surface area contributed by atoms with E-state index in [1.54, 1.807) is 7.11 Å². The SMILES string of the molecule is CCOCCN1CCN(CCc2ccc(OC)cc2)CC1. The van der Waals surface area contributed by atoms with Gasteiger partial charge in [-0.15, -0.1) is 0 Å². The average Bonchev–Trinajstić information content (AvgIpc) is 2.55. The Balaban J connectivity index is 1.64. The molecule has 0 unspecified atom stereocenters. The van der Waals surface area contributed by atoms with Gasteiger partial charge in [-0.05, 0) is 31.0 Å². The molecule has 1 aromatic rings. The highest BCUT2D eigenvalue weighted by Gasteiger charge is 2.16. The van der Waals surface area contributed by atoms with E-state index >= 15 is 0 Å². The lowest BCUT2D eigenvalue weighted by Gasteiger charge is -2.34. The highest BCUT2D eigenvalue weighted by atomic mass is 16.5. The Morgan fingerprint density at radius 3 is 2.14 bits per heavy atom. The number of benzene rings is 1. The molecule has 1 aromatic carbocycles. The first-order valence-corrected chi connectivity index (χ1v) is 7.97. The molecule has 0 bridgehead atoms. The van der Waals surface area contributed by atoms with Crippen LogP contribution in [0, 0.1) is 0 Å². The zero-order valence-corrected chi connectivity index (χ0v) is 13.4. The van der Waals surface area contributed by atoms with Crippen LogP contribution >= 0.6 is 0 Å². The zero-order chi connectivity index (χ0) is 14.9. The molecule has 0 saturated carbocycles. The van der Waals surface area contributed by atoms with E-state index in [-0.39, 0.29) is 0 Å². The van der Waals surface area contributed by atoms with Crippen LogP contribution in [0.5, 0.6) is 5.75 Å². The van der Waals surface area contributed by atoms with Gasteiger partial charge in [-0.1, -0.05) is 12.1 Å². The highest BCUT2D eigenvalue weighted by molar-refractivity contribution is 5.27. The Hall–Kier alpha value is -1.10. The second-order valence-electron chi connectivity index (χ2n) is 5.48. The fourth-order valence-electron chi connectivity index (χ4n) is 2.65. The molecule has 1 aliphatic heterocycles. The summed E-state index contributed by atoms with van der Waals surface area (Å²) in [5, 5.41) is 0. The standard InChI is InChI=1S/C17H28N2O2/c1-3-21-15-14-19-12-10-18(11-13-19)9-8-16-4-6-17(20-2)7-5-16/h4-7H,3,8-15H2,1-2H3. The van der Waals surface area contributed by atoms with Crippen LogP contribution in [0.4, 0.5) is 0 Å². The maximum absolute atomic E-state index is 5.42. The minimum atomic E-state index is 0.821. The van der Waals surface area contributed by atoms with Crippen molar-refractivity contribution in [2.24, 2.45) is 0 Å². The number of rotatable bonds is 8. The molecule has 1 saturated heterocycles. The summed E-state index contributed by atoms with van der Waals surface area (Å²) in [6.07, 6.45) is 1.11. The number of hydrogen-bond donors (Lipinski definition) is 0. The molecule has 2 rings (SSSR count). The van der Waals surface area contributed by atoms with Gasteiger partial charge in [0.2, 0.25) is 0 Å². The minimum Gasteiger partial charge on any atom is -0.497 e. The van der Waals surface area contributed by atoms with Gasteiger partial charge in [-0.3, -0.25) is 4.90 Å². The fraction of sp³-hybridized carbons (Fsp3) is 0.647. The number of methoxy groups -OCH3 is 1. The molecule has 0 amide bonds. The molecule has 1 fully saturated rings. The van der Waals surface area contributed by atoms with Gasteiger partial charge >= 0.3 is 0 Å². The molecule has 0 aromatic heterocycles. The van der Waals surface area contributed by atoms with Crippen molar-refractivity contribution < 1.29 is 9.47 Å². The Morgan fingerprint density at radius 1 is 0.952 bits per heavy atom. The number of hydrogen-bond acceptors (Lipinski definition) is 4. The number of nitrogens with zero attached hydrogens (tertiary/aromatic N) is 2. The van der Waals surface area contributed by atoms with E-state index in [4.69, 9.17) is 9.47 Å². The summed E-state index contributed by atoms with van der Waals surface area (Å²) < 4.78 is 10.6. The smallest absolute Gasteiger partial charge is 0.118 e. The van der Waals surface area contributed by atoms with E-state index in [9.17, 15) is 0 Å². The van der Waals surface area contributed by atoms with Gasteiger partial charge < -0.3 is 14.4 Å². The van der Waals surface area contributed by atoms with Gasteiger partial charge in [0.1, 0.15) is 5.75 Å². The highest BCUT2D eigenvalue weighted by Crippen LogP contribution is 2.12. The molecule has 1 heterocycles. The van der Waals surface area contributed by atoms with Gasteiger partial charge in [0.15, 0.2) is 0 Å². The Labute approximate surface area is 128 Å². The molecule has 118 valence electrons. The van der Waals surface area contributed by atoms with Crippen molar-refractivity contribution in [3.8, 4) is 5.75 Å². The average molecular weight is 292 g/mol. The molecule has 0 N–H and O–H groups in total. The molecular formula is C17H28N2O2. The third-order valence-corrected chi connectivity index (χ3v) is 4.10. The van der Waals surface area contributed by atoms with Crippen molar-refractivity contribution in [2.45, 2.75) is 13.3 Å². The molecule has 4 nitrogen and oxygen atoms in total. The normalized spacial score (nSPS) is 17.0. The van der Waals surface area contributed by atoms with E-state index in [2.05, 4.69) is 28.9 Å². The van der Waals surface area contributed by atoms with Crippen molar-refractivity contribution in [1.82, 2.24) is 9.80 Å². The maximum atomic E-state index is 5.42. The lowest BCUT2D eigenvalue weighted by atomic mass is 10.1. The minimum absolute atomic E-state index is 0.821.